The summed E-state index contributed by atoms with van der Waals surface area (Å²) in [6.07, 6.45) is 2.98. The summed E-state index contributed by atoms with van der Waals surface area (Å²) in [6.45, 7) is -0.0717. The number of carbonyl (C=O) groups excluding carboxylic acids is 4. The number of primary amides is 1. The van der Waals surface area contributed by atoms with Crippen molar-refractivity contribution >= 4 is 69.6 Å². The predicted octanol–water partition coefficient (Wildman–Crippen LogP) is 3.10. The largest absolute Gasteiger partial charge is 0.368 e. The van der Waals surface area contributed by atoms with E-state index in [-0.39, 0.29) is 27.9 Å². The normalized spacial score (nSPS) is 15.6. The van der Waals surface area contributed by atoms with E-state index in [0.29, 0.717) is 16.5 Å². The van der Waals surface area contributed by atoms with E-state index in [4.69, 9.17) is 28.9 Å². The van der Waals surface area contributed by atoms with Crippen LogP contribution in [0.1, 0.15) is 5.56 Å². The minimum absolute atomic E-state index is 0.0717. The van der Waals surface area contributed by atoms with E-state index in [1.54, 1.807) is 35.0 Å². The fourth-order valence-corrected chi connectivity index (χ4v) is 3.65. The molecule has 8 nitrogen and oxygen atoms in total. The summed E-state index contributed by atoms with van der Waals surface area (Å²) in [6, 6.07) is 10.5. The lowest BCUT2D eigenvalue weighted by Crippen LogP contribution is -2.54. The van der Waals surface area contributed by atoms with Gasteiger partial charge in [0.25, 0.3) is 11.8 Å². The standard InChI is InChI=1S/C21H14Cl2N4O4/c22-15-6-5-12(8-16(15)23)27-20(30)14(19(29)25-21(27)31)7-11-9-26(10-18(24)28)17-4-2-1-3-13(11)17/h1-9H,10H2,(H2,24,28)(H,25,29,31)/b14-7+. The van der Waals surface area contributed by atoms with Crippen LogP contribution in [0.5, 0.6) is 0 Å². The van der Waals surface area contributed by atoms with E-state index < -0.39 is 23.8 Å². The molecule has 0 atom stereocenters. The van der Waals surface area contributed by atoms with Crippen molar-refractivity contribution in [1.82, 2.24) is 9.88 Å². The molecule has 3 aromatic rings. The number of nitrogens with zero attached hydrogens (tertiary/aromatic N) is 2. The fourth-order valence-electron chi connectivity index (χ4n) is 3.36. The van der Waals surface area contributed by atoms with Crippen molar-refractivity contribution in [2.45, 2.75) is 6.54 Å². The molecule has 31 heavy (non-hydrogen) atoms. The number of aromatic nitrogens is 1. The highest BCUT2D eigenvalue weighted by Crippen LogP contribution is 2.30. The SMILES string of the molecule is NC(=O)Cn1cc(/C=C2\C(=O)NC(=O)N(c3ccc(Cl)c(Cl)c3)C2=O)c2ccccc21. The Morgan fingerprint density at radius 3 is 2.52 bits per heavy atom. The van der Waals surface area contributed by atoms with Gasteiger partial charge in [0, 0.05) is 22.7 Å². The number of urea groups is 1. The number of rotatable bonds is 4. The van der Waals surface area contributed by atoms with Gasteiger partial charge in [-0.05, 0) is 30.3 Å². The van der Waals surface area contributed by atoms with Gasteiger partial charge in [-0.1, -0.05) is 41.4 Å². The number of halogens is 2. The van der Waals surface area contributed by atoms with Gasteiger partial charge in [-0.2, -0.15) is 0 Å². The molecular formula is C21H14Cl2N4O4. The van der Waals surface area contributed by atoms with Crippen LogP contribution in [0.25, 0.3) is 17.0 Å². The van der Waals surface area contributed by atoms with Crippen molar-refractivity contribution in [2.24, 2.45) is 5.73 Å². The van der Waals surface area contributed by atoms with E-state index in [1.807, 2.05) is 0 Å². The van der Waals surface area contributed by atoms with Gasteiger partial charge in [0.15, 0.2) is 0 Å². The summed E-state index contributed by atoms with van der Waals surface area (Å²) in [4.78, 5) is 50.1. The number of carbonyl (C=O) groups is 4. The summed E-state index contributed by atoms with van der Waals surface area (Å²) in [7, 11) is 0. The molecule has 1 aromatic heterocycles. The molecule has 1 saturated heterocycles. The monoisotopic (exact) mass is 456 g/mol. The van der Waals surface area contributed by atoms with Crippen LogP contribution in [0.3, 0.4) is 0 Å². The number of barbiturate groups is 1. The smallest absolute Gasteiger partial charge is 0.335 e. The van der Waals surface area contributed by atoms with E-state index >= 15 is 0 Å². The number of imide groups is 2. The van der Waals surface area contributed by atoms with Crippen molar-refractivity contribution in [3.63, 3.8) is 0 Å². The third-order valence-electron chi connectivity index (χ3n) is 4.71. The Kier molecular flexibility index (Phi) is 5.26. The lowest BCUT2D eigenvalue weighted by atomic mass is 10.1. The summed E-state index contributed by atoms with van der Waals surface area (Å²) in [5, 5.41) is 3.26. The summed E-state index contributed by atoms with van der Waals surface area (Å²) in [5.74, 6) is -2.19. The molecule has 10 heteroatoms. The topological polar surface area (TPSA) is 114 Å². The van der Waals surface area contributed by atoms with E-state index in [9.17, 15) is 19.2 Å². The molecule has 3 N–H and O–H groups in total. The maximum atomic E-state index is 13.1. The molecule has 156 valence electrons. The number of hydrogen-bond donors (Lipinski definition) is 2. The Hall–Kier alpha value is -3.62. The molecule has 0 aliphatic carbocycles. The van der Waals surface area contributed by atoms with E-state index in [2.05, 4.69) is 5.32 Å². The molecule has 2 heterocycles. The Labute approximate surface area is 185 Å². The zero-order valence-electron chi connectivity index (χ0n) is 15.8. The van der Waals surface area contributed by atoms with Crippen LogP contribution < -0.4 is 16.0 Å². The average molecular weight is 457 g/mol. The molecule has 0 saturated carbocycles. The average Bonchev–Trinajstić information content (AvgIpc) is 3.04. The first kappa shape index (κ1) is 20.6. The molecule has 0 spiro atoms. The van der Waals surface area contributed by atoms with Crippen LogP contribution in [0, 0.1) is 0 Å². The van der Waals surface area contributed by atoms with Gasteiger partial charge in [0.2, 0.25) is 5.91 Å². The second-order valence-corrected chi connectivity index (χ2v) is 7.57. The molecular weight excluding hydrogens is 443 g/mol. The molecule has 4 rings (SSSR count). The molecule has 1 aliphatic rings. The van der Waals surface area contributed by atoms with Crippen molar-refractivity contribution in [3.05, 3.63) is 69.8 Å². The van der Waals surface area contributed by atoms with E-state index in [0.717, 1.165) is 4.90 Å². The second kappa shape index (κ2) is 7.90. The van der Waals surface area contributed by atoms with Gasteiger partial charge in [-0.25, -0.2) is 9.69 Å². The van der Waals surface area contributed by atoms with Gasteiger partial charge >= 0.3 is 6.03 Å². The third-order valence-corrected chi connectivity index (χ3v) is 5.45. The first-order valence-corrected chi connectivity index (χ1v) is 9.74. The third kappa shape index (κ3) is 3.78. The van der Waals surface area contributed by atoms with Crippen LogP contribution >= 0.6 is 23.2 Å². The summed E-state index contributed by atoms with van der Waals surface area (Å²) < 4.78 is 1.62. The van der Waals surface area contributed by atoms with Crippen molar-refractivity contribution in [2.75, 3.05) is 4.90 Å². The number of fused-ring (bicyclic) bond motifs is 1. The molecule has 0 bridgehead atoms. The number of amides is 5. The van der Waals surface area contributed by atoms with E-state index in [1.165, 1.54) is 24.3 Å². The zero-order valence-corrected chi connectivity index (χ0v) is 17.3. The summed E-state index contributed by atoms with van der Waals surface area (Å²) in [5.41, 5.74) is 6.43. The van der Waals surface area contributed by atoms with Gasteiger partial charge < -0.3 is 10.3 Å². The number of nitrogens with one attached hydrogen (secondary N) is 1. The quantitative estimate of drug-likeness (QED) is 0.463. The minimum atomic E-state index is -0.901. The highest BCUT2D eigenvalue weighted by molar-refractivity contribution is 6.43. The first-order chi connectivity index (χ1) is 14.8. The maximum absolute atomic E-state index is 13.1. The number of anilines is 1. The lowest BCUT2D eigenvalue weighted by Gasteiger charge is -2.26. The van der Waals surface area contributed by atoms with Crippen LogP contribution in [0.4, 0.5) is 10.5 Å². The minimum Gasteiger partial charge on any atom is -0.368 e. The fraction of sp³-hybridized carbons (Fsp3) is 0.0476. The van der Waals surface area contributed by atoms with Crippen LogP contribution in [-0.2, 0) is 20.9 Å². The van der Waals surface area contributed by atoms with Gasteiger partial charge in [-0.3, -0.25) is 19.7 Å². The first-order valence-electron chi connectivity index (χ1n) is 8.99. The van der Waals surface area contributed by atoms with Crippen LogP contribution in [0.15, 0.2) is 54.2 Å². The van der Waals surface area contributed by atoms with Gasteiger partial charge in [-0.15, -0.1) is 0 Å². The number of nitrogens with two attached hydrogens (primary N) is 1. The number of para-hydroxylation sites is 1. The second-order valence-electron chi connectivity index (χ2n) is 6.75. The van der Waals surface area contributed by atoms with Crippen molar-refractivity contribution in [1.29, 1.82) is 0 Å². The van der Waals surface area contributed by atoms with Crippen molar-refractivity contribution < 1.29 is 19.2 Å². The Morgan fingerprint density at radius 2 is 1.81 bits per heavy atom. The molecule has 0 radical (unpaired) electrons. The van der Waals surface area contributed by atoms with Crippen LogP contribution in [-0.4, -0.2) is 28.3 Å². The van der Waals surface area contributed by atoms with Gasteiger partial charge in [0.1, 0.15) is 12.1 Å². The summed E-state index contributed by atoms with van der Waals surface area (Å²) >= 11 is 11.9. The predicted molar refractivity (Wildman–Crippen MR) is 117 cm³/mol. The maximum Gasteiger partial charge on any atom is 0.335 e. The molecule has 5 amide bonds. The zero-order chi connectivity index (χ0) is 22.3. The molecule has 1 fully saturated rings. The van der Waals surface area contributed by atoms with Crippen molar-refractivity contribution in [3.8, 4) is 0 Å². The number of hydrogen-bond acceptors (Lipinski definition) is 4. The Morgan fingerprint density at radius 1 is 1.06 bits per heavy atom. The molecule has 2 aromatic carbocycles. The molecule has 1 aliphatic heterocycles. The Balaban J connectivity index is 1.81. The highest BCUT2D eigenvalue weighted by Gasteiger charge is 2.37. The molecule has 0 unspecified atom stereocenters. The number of benzene rings is 2. The van der Waals surface area contributed by atoms with Crippen LogP contribution in [0.2, 0.25) is 10.0 Å². The van der Waals surface area contributed by atoms with Gasteiger partial charge in [0.05, 0.1) is 15.7 Å². The Bertz CT molecular complexity index is 1310. The lowest BCUT2D eigenvalue weighted by molar-refractivity contribution is -0.122. The highest BCUT2D eigenvalue weighted by atomic mass is 35.5.